The average molecular weight is 400 g/mol. The van der Waals surface area contributed by atoms with Crippen molar-refractivity contribution in [3.8, 4) is 11.1 Å². The summed E-state index contributed by atoms with van der Waals surface area (Å²) in [7, 11) is 1.87. The Kier molecular flexibility index (Phi) is 4.99. The standard InChI is InChI=1S/C24H24N4O2/c1-14-7-5-6-8-18(14)17-10-19(22-21(11-17)26-13-28(22)4)23(29)25-12-20-15(2)9-16(3)27-24(20)30/h5-11,13H,12H2,1-4H3,(H,25,29)(H,27,30). The molecule has 0 unspecified atom stereocenters. The van der Waals surface area contributed by atoms with E-state index in [9.17, 15) is 9.59 Å². The van der Waals surface area contributed by atoms with Crippen molar-refractivity contribution >= 4 is 16.9 Å². The number of nitrogens with one attached hydrogen (secondary N) is 2. The average Bonchev–Trinajstić information content (AvgIpc) is 3.07. The van der Waals surface area contributed by atoms with Crippen LogP contribution in [0.5, 0.6) is 0 Å². The lowest BCUT2D eigenvalue weighted by atomic mass is 9.97. The Hall–Kier alpha value is -3.67. The Labute approximate surface area is 174 Å². The second kappa shape index (κ2) is 7.63. The number of pyridine rings is 1. The molecule has 2 aromatic heterocycles. The van der Waals surface area contributed by atoms with Gasteiger partial charge in [-0.1, -0.05) is 24.3 Å². The zero-order valence-corrected chi connectivity index (χ0v) is 17.5. The smallest absolute Gasteiger partial charge is 0.253 e. The molecule has 30 heavy (non-hydrogen) atoms. The molecule has 152 valence electrons. The molecule has 0 spiro atoms. The number of benzene rings is 2. The van der Waals surface area contributed by atoms with Gasteiger partial charge in [0.1, 0.15) is 0 Å². The Morgan fingerprint density at radius 1 is 1.10 bits per heavy atom. The van der Waals surface area contributed by atoms with Crippen LogP contribution >= 0.6 is 0 Å². The van der Waals surface area contributed by atoms with E-state index >= 15 is 0 Å². The molecule has 1 amide bonds. The maximum absolute atomic E-state index is 13.2. The number of H-pyrrole nitrogens is 1. The number of aromatic nitrogens is 3. The van der Waals surface area contributed by atoms with E-state index in [1.54, 1.807) is 6.33 Å². The molecule has 0 saturated heterocycles. The minimum Gasteiger partial charge on any atom is -0.348 e. The van der Waals surface area contributed by atoms with Crippen LogP contribution in [-0.2, 0) is 13.6 Å². The van der Waals surface area contributed by atoms with E-state index in [1.165, 1.54) is 0 Å². The third-order valence-corrected chi connectivity index (χ3v) is 5.43. The second-order valence-corrected chi connectivity index (χ2v) is 7.69. The van der Waals surface area contributed by atoms with Crippen molar-refractivity contribution in [1.82, 2.24) is 19.9 Å². The third-order valence-electron chi connectivity index (χ3n) is 5.43. The molecule has 2 aromatic carbocycles. The van der Waals surface area contributed by atoms with Crippen LogP contribution in [-0.4, -0.2) is 20.4 Å². The van der Waals surface area contributed by atoms with Crippen LogP contribution in [0.25, 0.3) is 22.2 Å². The van der Waals surface area contributed by atoms with E-state index in [2.05, 4.69) is 15.3 Å². The van der Waals surface area contributed by atoms with E-state index in [-0.39, 0.29) is 18.0 Å². The third kappa shape index (κ3) is 3.52. The SMILES string of the molecule is Cc1cc(C)c(CNC(=O)c2cc(-c3ccccc3C)cc3ncn(C)c23)c(=O)[nH]1. The fourth-order valence-electron chi connectivity index (χ4n) is 3.89. The lowest BCUT2D eigenvalue weighted by Gasteiger charge is -2.12. The molecule has 0 aliphatic carbocycles. The van der Waals surface area contributed by atoms with Gasteiger partial charge in [-0.3, -0.25) is 9.59 Å². The van der Waals surface area contributed by atoms with E-state index in [1.807, 2.05) is 74.9 Å². The molecule has 2 N–H and O–H groups in total. The van der Waals surface area contributed by atoms with Gasteiger partial charge in [-0.25, -0.2) is 4.98 Å². The number of aryl methyl sites for hydroxylation is 4. The monoisotopic (exact) mass is 400 g/mol. The molecule has 6 heteroatoms. The summed E-state index contributed by atoms with van der Waals surface area (Å²) < 4.78 is 1.84. The van der Waals surface area contributed by atoms with E-state index in [0.717, 1.165) is 39.0 Å². The summed E-state index contributed by atoms with van der Waals surface area (Å²) in [5.41, 5.74) is 7.22. The lowest BCUT2D eigenvalue weighted by Crippen LogP contribution is -2.28. The number of rotatable bonds is 4. The minimum absolute atomic E-state index is 0.161. The zero-order chi connectivity index (χ0) is 21.4. The van der Waals surface area contributed by atoms with Gasteiger partial charge < -0.3 is 14.9 Å². The lowest BCUT2D eigenvalue weighted by molar-refractivity contribution is 0.0952. The maximum Gasteiger partial charge on any atom is 0.253 e. The maximum atomic E-state index is 13.2. The summed E-state index contributed by atoms with van der Waals surface area (Å²) in [5.74, 6) is -0.238. The first-order valence-corrected chi connectivity index (χ1v) is 9.84. The highest BCUT2D eigenvalue weighted by molar-refractivity contribution is 6.06. The van der Waals surface area contributed by atoms with E-state index < -0.39 is 0 Å². The van der Waals surface area contributed by atoms with Gasteiger partial charge in [0.2, 0.25) is 0 Å². The highest BCUT2D eigenvalue weighted by Crippen LogP contribution is 2.29. The van der Waals surface area contributed by atoms with Crippen LogP contribution in [0, 0.1) is 20.8 Å². The van der Waals surface area contributed by atoms with Crippen LogP contribution in [0.2, 0.25) is 0 Å². The van der Waals surface area contributed by atoms with Gasteiger partial charge >= 0.3 is 0 Å². The van der Waals surface area contributed by atoms with Crippen molar-refractivity contribution in [3.05, 3.63) is 87.1 Å². The molecule has 0 aliphatic rings. The van der Waals surface area contributed by atoms with Gasteiger partial charge in [0.25, 0.3) is 11.5 Å². The first kappa shape index (κ1) is 19.6. The fraction of sp³-hybridized carbons (Fsp3) is 0.208. The molecule has 4 rings (SSSR count). The van der Waals surface area contributed by atoms with Gasteiger partial charge in [0.05, 0.1) is 22.9 Å². The summed E-state index contributed by atoms with van der Waals surface area (Å²) in [6.07, 6.45) is 1.71. The number of amides is 1. The first-order valence-electron chi connectivity index (χ1n) is 9.84. The van der Waals surface area contributed by atoms with Gasteiger partial charge in [0.15, 0.2) is 0 Å². The van der Waals surface area contributed by atoms with Gasteiger partial charge in [0, 0.05) is 24.8 Å². The van der Waals surface area contributed by atoms with Crippen LogP contribution in [0.15, 0.2) is 53.6 Å². The molecule has 2 heterocycles. The summed E-state index contributed by atoms with van der Waals surface area (Å²) in [4.78, 5) is 32.7. The Balaban J connectivity index is 1.74. The summed E-state index contributed by atoms with van der Waals surface area (Å²) in [6.45, 7) is 5.92. The molecule has 6 nitrogen and oxygen atoms in total. The quantitative estimate of drug-likeness (QED) is 0.547. The van der Waals surface area contributed by atoms with Crippen molar-refractivity contribution < 1.29 is 4.79 Å². The van der Waals surface area contributed by atoms with Gasteiger partial charge in [-0.2, -0.15) is 0 Å². The molecule has 0 aliphatic heterocycles. The van der Waals surface area contributed by atoms with Gasteiger partial charge in [-0.05, 0) is 61.2 Å². The second-order valence-electron chi connectivity index (χ2n) is 7.69. The van der Waals surface area contributed by atoms with Crippen LogP contribution in [0.4, 0.5) is 0 Å². The number of aromatic amines is 1. The molecule has 4 aromatic rings. The topological polar surface area (TPSA) is 79.8 Å². The van der Waals surface area contributed by atoms with E-state index in [0.29, 0.717) is 11.1 Å². The number of carbonyl (C=O) groups is 1. The molecule has 0 bridgehead atoms. The van der Waals surface area contributed by atoms with Crippen molar-refractivity contribution in [1.29, 1.82) is 0 Å². The summed E-state index contributed by atoms with van der Waals surface area (Å²) in [5, 5.41) is 2.92. The molecular weight excluding hydrogens is 376 g/mol. The molecule has 0 radical (unpaired) electrons. The first-order chi connectivity index (χ1) is 14.3. The summed E-state index contributed by atoms with van der Waals surface area (Å²) >= 11 is 0. The van der Waals surface area contributed by atoms with Crippen molar-refractivity contribution in [3.63, 3.8) is 0 Å². The number of carbonyl (C=O) groups excluding carboxylic acids is 1. The normalized spacial score (nSPS) is 11.1. The predicted molar refractivity (Wildman–Crippen MR) is 119 cm³/mol. The van der Waals surface area contributed by atoms with Crippen molar-refractivity contribution in [2.75, 3.05) is 0 Å². The fourth-order valence-corrected chi connectivity index (χ4v) is 3.89. The summed E-state index contributed by atoms with van der Waals surface area (Å²) in [6, 6.07) is 13.9. The predicted octanol–water partition coefficient (Wildman–Crippen LogP) is 3.78. The number of fused-ring (bicyclic) bond motifs is 1. The molecule has 0 fully saturated rings. The highest BCUT2D eigenvalue weighted by Gasteiger charge is 2.17. The largest absolute Gasteiger partial charge is 0.348 e. The van der Waals surface area contributed by atoms with E-state index in [4.69, 9.17) is 0 Å². The number of imidazole rings is 1. The van der Waals surface area contributed by atoms with Crippen molar-refractivity contribution in [2.24, 2.45) is 7.05 Å². The van der Waals surface area contributed by atoms with Crippen molar-refractivity contribution in [2.45, 2.75) is 27.3 Å². The highest BCUT2D eigenvalue weighted by atomic mass is 16.1. The number of nitrogens with zero attached hydrogens (tertiary/aromatic N) is 2. The number of hydrogen-bond donors (Lipinski definition) is 2. The van der Waals surface area contributed by atoms with Gasteiger partial charge in [-0.15, -0.1) is 0 Å². The van der Waals surface area contributed by atoms with Crippen LogP contribution in [0.1, 0.15) is 32.7 Å². The Morgan fingerprint density at radius 2 is 1.87 bits per heavy atom. The minimum atomic E-state index is -0.238. The molecule has 0 atom stereocenters. The molecule has 0 saturated carbocycles. The zero-order valence-electron chi connectivity index (χ0n) is 17.5. The van der Waals surface area contributed by atoms with Crippen LogP contribution in [0.3, 0.4) is 0 Å². The molecular formula is C24H24N4O2. The Bertz CT molecular complexity index is 1330. The number of hydrogen-bond acceptors (Lipinski definition) is 3. The Morgan fingerprint density at radius 3 is 2.60 bits per heavy atom. The van der Waals surface area contributed by atoms with Crippen LogP contribution < -0.4 is 10.9 Å².